The van der Waals surface area contributed by atoms with Crippen LogP contribution in [0.1, 0.15) is 17.0 Å². The predicted octanol–water partition coefficient (Wildman–Crippen LogP) is 3.12. The van der Waals surface area contributed by atoms with E-state index >= 15 is 0 Å². The minimum absolute atomic E-state index is 0.769. The van der Waals surface area contributed by atoms with Crippen molar-refractivity contribution >= 4 is 28.6 Å². The Bertz CT molecular complexity index is 961. The lowest BCUT2D eigenvalue weighted by molar-refractivity contribution is 0.392. The number of rotatable bonds is 3. The fourth-order valence-electron chi connectivity index (χ4n) is 2.67. The van der Waals surface area contributed by atoms with Crippen molar-refractivity contribution in [2.75, 3.05) is 0 Å². The Kier molecular flexibility index (Phi) is 2.97. The second kappa shape index (κ2) is 4.88. The van der Waals surface area contributed by atoms with E-state index < -0.39 is 0 Å². The zero-order chi connectivity index (χ0) is 15.3. The Labute approximate surface area is 131 Å². The zero-order valence-corrected chi connectivity index (χ0v) is 13.4. The van der Waals surface area contributed by atoms with Gasteiger partial charge in [-0.25, -0.2) is 0 Å². The van der Waals surface area contributed by atoms with E-state index in [4.69, 9.17) is 4.52 Å². The lowest BCUT2D eigenvalue weighted by Gasteiger charge is -1.99. The minimum Gasteiger partial charge on any atom is -0.361 e. The first-order valence-electron chi connectivity index (χ1n) is 7.00. The van der Waals surface area contributed by atoms with Gasteiger partial charge in [-0.3, -0.25) is 4.40 Å². The Hall–Kier alpha value is -2.28. The fraction of sp³-hybridized carbons (Fsp3) is 0.267. The molecule has 7 heteroatoms. The van der Waals surface area contributed by atoms with Gasteiger partial charge >= 0.3 is 0 Å². The molecule has 3 aromatic heterocycles. The van der Waals surface area contributed by atoms with Crippen molar-refractivity contribution < 1.29 is 4.52 Å². The SMILES string of the molecule is Cc1noc(C)c1CSc1nnc2n(C)c3ccccc3n12. The van der Waals surface area contributed by atoms with E-state index in [0.29, 0.717) is 0 Å². The molecule has 0 aliphatic heterocycles. The summed E-state index contributed by atoms with van der Waals surface area (Å²) < 4.78 is 9.37. The summed E-state index contributed by atoms with van der Waals surface area (Å²) in [5, 5.41) is 13.5. The molecule has 0 unspecified atom stereocenters. The maximum absolute atomic E-state index is 5.22. The second-order valence-corrected chi connectivity index (χ2v) is 6.20. The summed E-state index contributed by atoms with van der Waals surface area (Å²) in [6, 6.07) is 8.24. The van der Waals surface area contributed by atoms with Crippen LogP contribution in [0.25, 0.3) is 16.8 Å². The minimum atomic E-state index is 0.769. The van der Waals surface area contributed by atoms with Gasteiger partial charge in [0.05, 0.1) is 16.7 Å². The summed E-state index contributed by atoms with van der Waals surface area (Å²) in [6.45, 7) is 3.90. The largest absolute Gasteiger partial charge is 0.361 e. The third-order valence-corrected chi connectivity index (χ3v) is 4.88. The third kappa shape index (κ3) is 1.85. The van der Waals surface area contributed by atoms with Gasteiger partial charge < -0.3 is 9.09 Å². The number of thioether (sulfide) groups is 1. The summed E-state index contributed by atoms with van der Waals surface area (Å²) in [7, 11) is 2.01. The van der Waals surface area contributed by atoms with Gasteiger partial charge in [-0.2, -0.15) is 0 Å². The molecular formula is C15H15N5OS. The van der Waals surface area contributed by atoms with Crippen LogP contribution in [0.4, 0.5) is 0 Å². The highest BCUT2D eigenvalue weighted by Gasteiger charge is 2.16. The third-order valence-electron chi connectivity index (χ3n) is 3.93. The van der Waals surface area contributed by atoms with Crippen molar-refractivity contribution in [2.24, 2.45) is 7.05 Å². The van der Waals surface area contributed by atoms with Crippen molar-refractivity contribution in [3.05, 3.63) is 41.3 Å². The molecule has 0 fully saturated rings. The number of imidazole rings is 1. The van der Waals surface area contributed by atoms with Crippen LogP contribution in [-0.2, 0) is 12.8 Å². The molecule has 0 amide bonds. The number of benzene rings is 1. The van der Waals surface area contributed by atoms with Crippen molar-refractivity contribution in [1.82, 2.24) is 24.3 Å². The average Bonchev–Trinajstić information content (AvgIpc) is 3.16. The van der Waals surface area contributed by atoms with E-state index in [2.05, 4.69) is 36.5 Å². The fourth-order valence-corrected chi connectivity index (χ4v) is 3.77. The van der Waals surface area contributed by atoms with E-state index in [0.717, 1.165) is 44.7 Å². The van der Waals surface area contributed by atoms with Crippen LogP contribution in [0.2, 0.25) is 0 Å². The molecule has 0 atom stereocenters. The van der Waals surface area contributed by atoms with Gasteiger partial charge in [0.25, 0.3) is 0 Å². The molecule has 0 N–H and O–H groups in total. The van der Waals surface area contributed by atoms with Crippen LogP contribution >= 0.6 is 11.8 Å². The smallest absolute Gasteiger partial charge is 0.236 e. The number of hydrogen-bond acceptors (Lipinski definition) is 5. The molecule has 4 aromatic rings. The Morgan fingerprint density at radius 1 is 1.14 bits per heavy atom. The first kappa shape index (κ1) is 13.4. The molecule has 1 aromatic carbocycles. The summed E-state index contributed by atoms with van der Waals surface area (Å²) in [4.78, 5) is 0. The average molecular weight is 313 g/mol. The van der Waals surface area contributed by atoms with Crippen LogP contribution < -0.4 is 0 Å². The Balaban J connectivity index is 1.78. The summed E-state index contributed by atoms with van der Waals surface area (Å²) in [5.41, 5.74) is 4.32. The maximum Gasteiger partial charge on any atom is 0.236 e. The van der Waals surface area contributed by atoms with Gasteiger partial charge in [-0.05, 0) is 26.0 Å². The van der Waals surface area contributed by atoms with E-state index in [-0.39, 0.29) is 0 Å². The molecule has 0 aliphatic rings. The van der Waals surface area contributed by atoms with Gasteiger partial charge in [-0.1, -0.05) is 29.1 Å². The number of fused-ring (bicyclic) bond motifs is 3. The zero-order valence-electron chi connectivity index (χ0n) is 12.6. The van der Waals surface area contributed by atoms with Gasteiger partial charge in [0.15, 0.2) is 5.16 Å². The molecule has 6 nitrogen and oxygen atoms in total. The number of hydrogen-bond donors (Lipinski definition) is 0. The van der Waals surface area contributed by atoms with Crippen LogP contribution in [0.5, 0.6) is 0 Å². The topological polar surface area (TPSA) is 61.2 Å². The maximum atomic E-state index is 5.22. The lowest BCUT2D eigenvalue weighted by Crippen LogP contribution is -1.89. The summed E-state index contributed by atoms with van der Waals surface area (Å²) in [5.74, 6) is 2.48. The number of aromatic nitrogens is 5. The van der Waals surface area contributed by atoms with Crippen molar-refractivity contribution in [3.63, 3.8) is 0 Å². The van der Waals surface area contributed by atoms with Crippen molar-refractivity contribution in [2.45, 2.75) is 24.8 Å². The molecule has 0 saturated heterocycles. The van der Waals surface area contributed by atoms with Gasteiger partial charge in [0.1, 0.15) is 5.76 Å². The first-order valence-corrected chi connectivity index (χ1v) is 7.98. The monoisotopic (exact) mass is 313 g/mol. The van der Waals surface area contributed by atoms with Crippen LogP contribution in [0.15, 0.2) is 33.9 Å². The van der Waals surface area contributed by atoms with E-state index in [1.807, 2.05) is 33.0 Å². The normalized spacial score (nSPS) is 11.8. The number of aryl methyl sites for hydroxylation is 3. The highest BCUT2D eigenvalue weighted by atomic mass is 32.2. The molecule has 3 heterocycles. The first-order chi connectivity index (χ1) is 10.7. The standard InChI is InChI=1S/C15H15N5OS/c1-9-11(10(2)21-18-9)8-22-15-17-16-14-19(3)12-6-4-5-7-13(12)20(14)15/h4-7H,8H2,1-3H3. The molecule has 0 bridgehead atoms. The number of nitrogens with zero attached hydrogens (tertiary/aromatic N) is 5. The molecule has 0 aliphatic carbocycles. The van der Waals surface area contributed by atoms with Crippen LogP contribution in [0.3, 0.4) is 0 Å². The molecule has 22 heavy (non-hydrogen) atoms. The van der Waals surface area contributed by atoms with Crippen molar-refractivity contribution in [1.29, 1.82) is 0 Å². The van der Waals surface area contributed by atoms with E-state index in [1.54, 1.807) is 11.8 Å². The molecule has 0 saturated carbocycles. The molecule has 4 rings (SSSR count). The number of para-hydroxylation sites is 2. The molecule has 0 spiro atoms. The lowest BCUT2D eigenvalue weighted by atomic mass is 10.2. The molecule has 0 radical (unpaired) electrons. The van der Waals surface area contributed by atoms with Gasteiger partial charge in [0, 0.05) is 18.4 Å². The Morgan fingerprint density at radius 3 is 2.64 bits per heavy atom. The summed E-state index contributed by atoms with van der Waals surface area (Å²) in [6.07, 6.45) is 0. The highest BCUT2D eigenvalue weighted by Crippen LogP contribution is 2.28. The Morgan fingerprint density at radius 2 is 1.91 bits per heavy atom. The highest BCUT2D eigenvalue weighted by molar-refractivity contribution is 7.98. The molecule has 112 valence electrons. The van der Waals surface area contributed by atoms with Crippen molar-refractivity contribution in [3.8, 4) is 0 Å². The van der Waals surface area contributed by atoms with Crippen LogP contribution in [-0.4, -0.2) is 24.3 Å². The summed E-state index contributed by atoms with van der Waals surface area (Å²) >= 11 is 1.65. The van der Waals surface area contributed by atoms with Crippen LogP contribution in [0, 0.1) is 13.8 Å². The predicted molar refractivity (Wildman–Crippen MR) is 85.0 cm³/mol. The van der Waals surface area contributed by atoms with E-state index in [9.17, 15) is 0 Å². The second-order valence-electron chi connectivity index (χ2n) is 5.26. The van der Waals surface area contributed by atoms with Gasteiger partial charge in [0.2, 0.25) is 5.78 Å². The quantitative estimate of drug-likeness (QED) is 0.544. The van der Waals surface area contributed by atoms with E-state index in [1.165, 1.54) is 0 Å². The molecular weight excluding hydrogens is 298 g/mol. The van der Waals surface area contributed by atoms with Gasteiger partial charge in [-0.15, -0.1) is 10.2 Å².